The molecule has 2 aromatic heterocycles. The van der Waals surface area contributed by atoms with Gasteiger partial charge in [-0.05, 0) is 74.1 Å². The summed E-state index contributed by atoms with van der Waals surface area (Å²) >= 11 is 0. The Hall–Kier alpha value is -4.71. The molecule has 0 aliphatic carbocycles. The zero-order chi connectivity index (χ0) is 29.9. The van der Waals surface area contributed by atoms with E-state index in [9.17, 15) is 18.0 Å². The van der Waals surface area contributed by atoms with Crippen molar-refractivity contribution in [1.29, 1.82) is 0 Å². The Morgan fingerprint density at radius 1 is 0.976 bits per heavy atom. The van der Waals surface area contributed by atoms with Crippen molar-refractivity contribution in [2.24, 2.45) is 0 Å². The van der Waals surface area contributed by atoms with Gasteiger partial charge in [-0.1, -0.05) is 0 Å². The predicted molar refractivity (Wildman–Crippen MR) is 155 cm³/mol. The average molecular weight is 578 g/mol. The first-order chi connectivity index (χ1) is 20.1. The van der Waals surface area contributed by atoms with E-state index in [0.717, 1.165) is 6.07 Å². The highest BCUT2D eigenvalue weighted by Gasteiger charge is 2.36. The van der Waals surface area contributed by atoms with Crippen molar-refractivity contribution in [2.45, 2.75) is 13.1 Å². The minimum Gasteiger partial charge on any atom is -0.438 e. The van der Waals surface area contributed by atoms with E-state index < -0.39 is 17.6 Å². The third-order valence-corrected chi connectivity index (χ3v) is 6.97. The predicted octanol–water partition coefficient (Wildman–Crippen LogP) is 5.70. The van der Waals surface area contributed by atoms with Crippen molar-refractivity contribution in [3.63, 3.8) is 0 Å². The van der Waals surface area contributed by atoms with Gasteiger partial charge in [0.1, 0.15) is 5.75 Å². The van der Waals surface area contributed by atoms with E-state index in [2.05, 4.69) is 30.5 Å². The van der Waals surface area contributed by atoms with Gasteiger partial charge in [-0.15, -0.1) is 0 Å². The lowest BCUT2D eigenvalue weighted by molar-refractivity contribution is -0.137. The van der Waals surface area contributed by atoms with Gasteiger partial charge in [0, 0.05) is 62.6 Å². The molecule has 1 fully saturated rings. The van der Waals surface area contributed by atoms with Crippen molar-refractivity contribution in [3.8, 4) is 22.9 Å². The first-order valence-electron chi connectivity index (χ1n) is 13.3. The molecule has 0 spiro atoms. The highest BCUT2D eigenvalue weighted by atomic mass is 19.4. The number of piperazine rings is 1. The van der Waals surface area contributed by atoms with Gasteiger partial charge in [0.05, 0.1) is 16.8 Å². The van der Waals surface area contributed by atoms with Crippen molar-refractivity contribution in [1.82, 2.24) is 19.9 Å². The molecule has 4 aromatic rings. The SMILES string of the molecule is CNc1nccc(-c2cccnc2Oc2ccc(NC(=O)c3ccc(N4CCN(C)CC4)c(C(F)(F)F)c3)cc2C)n1. The summed E-state index contributed by atoms with van der Waals surface area (Å²) in [4.78, 5) is 29.7. The van der Waals surface area contributed by atoms with E-state index in [1.165, 1.54) is 12.1 Å². The fourth-order valence-electron chi connectivity index (χ4n) is 4.67. The number of carbonyl (C=O) groups excluding carboxylic acids is 1. The molecule has 0 saturated carbocycles. The molecule has 3 heterocycles. The van der Waals surface area contributed by atoms with Crippen LogP contribution < -0.4 is 20.3 Å². The number of carbonyl (C=O) groups is 1. The van der Waals surface area contributed by atoms with Crippen LogP contribution >= 0.6 is 0 Å². The smallest absolute Gasteiger partial charge is 0.418 e. The number of amides is 1. The van der Waals surface area contributed by atoms with Crippen LogP contribution in [0.15, 0.2) is 67.0 Å². The number of hydrogen-bond acceptors (Lipinski definition) is 8. The van der Waals surface area contributed by atoms with Crippen molar-refractivity contribution >= 4 is 23.2 Å². The molecular formula is C30H30F3N7O2. The molecule has 2 aromatic carbocycles. The fourth-order valence-corrected chi connectivity index (χ4v) is 4.67. The van der Waals surface area contributed by atoms with Crippen molar-refractivity contribution in [2.75, 3.05) is 55.8 Å². The Kier molecular flexibility index (Phi) is 8.25. The number of ether oxygens (including phenoxy) is 1. The van der Waals surface area contributed by atoms with Gasteiger partial charge < -0.3 is 25.2 Å². The van der Waals surface area contributed by atoms with E-state index in [1.807, 2.05) is 13.1 Å². The summed E-state index contributed by atoms with van der Waals surface area (Å²) in [5, 5.41) is 5.60. The molecule has 2 N–H and O–H groups in total. The zero-order valence-corrected chi connectivity index (χ0v) is 23.4. The van der Waals surface area contributed by atoms with Gasteiger partial charge in [0.15, 0.2) is 0 Å². The third-order valence-electron chi connectivity index (χ3n) is 6.97. The summed E-state index contributed by atoms with van der Waals surface area (Å²) < 4.78 is 48.1. The first kappa shape index (κ1) is 28.8. The number of rotatable bonds is 7. The molecule has 0 bridgehead atoms. The highest BCUT2D eigenvalue weighted by Crippen LogP contribution is 2.38. The number of alkyl halides is 3. The van der Waals surface area contributed by atoms with Gasteiger partial charge in [-0.25, -0.2) is 15.0 Å². The van der Waals surface area contributed by atoms with Crippen LogP contribution in [0.3, 0.4) is 0 Å². The number of anilines is 3. The lowest BCUT2D eigenvalue weighted by Gasteiger charge is -2.35. The molecule has 218 valence electrons. The summed E-state index contributed by atoms with van der Waals surface area (Å²) in [6.07, 6.45) is -1.37. The Morgan fingerprint density at radius 3 is 2.48 bits per heavy atom. The molecule has 0 radical (unpaired) electrons. The summed E-state index contributed by atoms with van der Waals surface area (Å²) in [6, 6.07) is 14.1. The van der Waals surface area contributed by atoms with Crippen molar-refractivity contribution < 1.29 is 22.7 Å². The summed E-state index contributed by atoms with van der Waals surface area (Å²) in [7, 11) is 3.66. The number of likely N-dealkylation sites (N-methyl/N-ethyl adjacent to an activating group) is 1. The molecule has 1 aliphatic heterocycles. The van der Waals surface area contributed by atoms with Crippen LogP contribution in [0.25, 0.3) is 11.3 Å². The van der Waals surface area contributed by atoms with Gasteiger partial charge in [0.2, 0.25) is 11.8 Å². The average Bonchev–Trinajstić information content (AvgIpc) is 2.98. The topological polar surface area (TPSA) is 95.5 Å². The lowest BCUT2D eigenvalue weighted by atomic mass is 10.1. The molecule has 0 atom stereocenters. The van der Waals surface area contributed by atoms with Crippen molar-refractivity contribution in [3.05, 3.63) is 83.7 Å². The minimum atomic E-state index is -4.60. The van der Waals surface area contributed by atoms with Gasteiger partial charge >= 0.3 is 6.18 Å². The second-order valence-electron chi connectivity index (χ2n) is 9.93. The van der Waals surface area contributed by atoms with Crippen LogP contribution in [0.1, 0.15) is 21.5 Å². The highest BCUT2D eigenvalue weighted by molar-refractivity contribution is 6.04. The molecule has 0 unspecified atom stereocenters. The second-order valence-corrected chi connectivity index (χ2v) is 9.93. The van der Waals surface area contributed by atoms with E-state index in [0.29, 0.717) is 66.3 Å². The number of hydrogen-bond donors (Lipinski definition) is 2. The number of aryl methyl sites for hydroxylation is 1. The van der Waals surface area contributed by atoms with Crippen LogP contribution in [-0.2, 0) is 6.18 Å². The quantitative estimate of drug-likeness (QED) is 0.289. The normalized spacial score (nSPS) is 14.0. The standard InChI is InChI=1S/C30H30F3N7O2/c1-19-17-21(7-9-26(19)42-28-22(5-4-11-35-28)24-10-12-36-29(34-2)38-24)37-27(41)20-6-8-25(23(18-20)30(31,32)33)40-15-13-39(3)14-16-40/h4-12,17-18H,13-16H2,1-3H3,(H,37,41)(H,34,36,38). The maximum Gasteiger partial charge on any atom is 0.418 e. The van der Waals surface area contributed by atoms with Crippen LogP contribution in [-0.4, -0.2) is 66.0 Å². The second kappa shape index (κ2) is 12.0. The molecule has 1 aliphatic rings. The zero-order valence-electron chi connectivity index (χ0n) is 23.4. The number of benzene rings is 2. The molecule has 42 heavy (non-hydrogen) atoms. The molecular weight excluding hydrogens is 547 g/mol. The molecule has 12 heteroatoms. The monoisotopic (exact) mass is 577 g/mol. The third kappa shape index (κ3) is 6.44. The van der Waals surface area contributed by atoms with Gasteiger partial charge in [-0.3, -0.25) is 4.79 Å². The van der Waals surface area contributed by atoms with E-state index in [4.69, 9.17) is 4.74 Å². The number of aromatic nitrogens is 3. The number of nitrogens with one attached hydrogen (secondary N) is 2. The van der Waals surface area contributed by atoms with Gasteiger partial charge in [0.25, 0.3) is 5.91 Å². The summed E-state index contributed by atoms with van der Waals surface area (Å²) in [6.45, 7) is 4.09. The number of pyridine rings is 1. The largest absolute Gasteiger partial charge is 0.438 e. The van der Waals surface area contributed by atoms with Crippen LogP contribution in [0.5, 0.6) is 11.6 Å². The van der Waals surface area contributed by atoms with E-state index in [-0.39, 0.29) is 11.3 Å². The Bertz CT molecular complexity index is 1590. The minimum absolute atomic E-state index is 0.0814. The Labute approximate surface area is 241 Å². The Balaban J connectivity index is 1.34. The van der Waals surface area contributed by atoms with E-state index in [1.54, 1.807) is 61.6 Å². The van der Waals surface area contributed by atoms with Gasteiger partial charge in [-0.2, -0.15) is 13.2 Å². The number of halogens is 3. The Morgan fingerprint density at radius 2 is 1.76 bits per heavy atom. The molecule has 5 rings (SSSR count). The summed E-state index contributed by atoms with van der Waals surface area (Å²) in [5.74, 6) is 0.634. The molecule has 1 amide bonds. The first-order valence-corrected chi connectivity index (χ1v) is 13.3. The maximum absolute atomic E-state index is 14.0. The van der Waals surface area contributed by atoms with Crippen LogP contribution in [0, 0.1) is 6.92 Å². The maximum atomic E-state index is 14.0. The van der Waals surface area contributed by atoms with Crippen LogP contribution in [0.2, 0.25) is 0 Å². The van der Waals surface area contributed by atoms with Crippen LogP contribution in [0.4, 0.5) is 30.5 Å². The van der Waals surface area contributed by atoms with E-state index >= 15 is 0 Å². The lowest BCUT2D eigenvalue weighted by Crippen LogP contribution is -2.45. The molecule has 1 saturated heterocycles. The molecule has 9 nitrogen and oxygen atoms in total. The number of nitrogens with zero attached hydrogens (tertiary/aromatic N) is 5. The summed E-state index contributed by atoms with van der Waals surface area (Å²) in [5.41, 5.74) is 1.56. The fraction of sp³-hybridized carbons (Fsp3) is 0.267.